The molecular weight excluding hydrogens is 271 g/mol. The normalized spacial score (nSPS) is 19.6. The van der Waals surface area contributed by atoms with E-state index in [0.29, 0.717) is 5.46 Å². The molecule has 0 bridgehead atoms. The number of carbonyl (C=O) groups is 1. The second-order valence-electron chi connectivity index (χ2n) is 6.26. The van der Waals surface area contributed by atoms with Crippen LogP contribution in [0.15, 0.2) is 12.1 Å². The first-order valence-corrected chi connectivity index (χ1v) is 6.86. The molecule has 0 radical (unpaired) electrons. The van der Waals surface area contributed by atoms with Crippen molar-refractivity contribution in [3.05, 3.63) is 17.7 Å². The molecule has 0 amide bonds. The van der Waals surface area contributed by atoms with Gasteiger partial charge in [0, 0.05) is 0 Å². The Morgan fingerprint density at radius 3 is 2.14 bits per heavy atom. The van der Waals surface area contributed by atoms with Gasteiger partial charge in [-0.15, -0.1) is 0 Å². The van der Waals surface area contributed by atoms with E-state index in [0.717, 1.165) is 0 Å². The van der Waals surface area contributed by atoms with Crippen LogP contribution in [0.5, 0.6) is 11.5 Å². The van der Waals surface area contributed by atoms with Gasteiger partial charge in [-0.1, -0.05) is 0 Å². The van der Waals surface area contributed by atoms with Crippen molar-refractivity contribution in [2.45, 2.75) is 45.8 Å². The zero-order valence-electron chi connectivity index (χ0n) is 13.3. The van der Waals surface area contributed by atoms with Crippen LogP contribution in [-0.4, -0.2) is 36.3 Å². The van der Waals surface area contributed by atoms with Gasteiger partial charge in [-0.25, -0.2) is 0 Å². The standard InChI is InChI=1S/C15H21BO5/c1-9(17)11-7-10(8-12(19-6)13(11)18)16-20-14(2,3)15(4,5)21-16/h7-8,18H,1-6H3. The van der Waals surface area contributed by atoms with E-state index in [1.165, 1.54) is 14.0 Å². The number of carbonyl (C=O) groups excluding carboxylic acids is 1. The Morgan fingerprint density at radius 1 is 1.19 bits per heavy atom. The van der Waals surface area contributed by atoms with E-state index in [-0.39, 0.29) is 22.8 Å². The second-order valence-corrected chi connectivity index (χ2v) is 6.26. The average Bonchev–Trinajstić information content (AvgIpc) is 2.58. The van der Waals surface area contributed by atoms with Gasteiger partial charge in [-0.05, 0) is 52.2 Å². The molecule has 6 heteroatoms. The van der Waals surface area contributed by atoms with Crippen LogP contribution in [0, 0.1) is 0 Å². The summed E-state index contributed by atoms with van der Waals surface area (Å²) in [5.74, 6) is -0.179. The molecule has 5 nitrogen and oxygen atoms in total. The van der Waals surface area contributed by atoms with Crippen LogP contribution in [0.25, 0.3) is 0 Å². The first kappa shape index (κ1) is 15.9. The quantitative estimate of drug-likeness (QED) is 0.681. The minimum atomic E-state index is -0.609. The van der Waals surface area contributed by atoms with Crippen LogP contribution in [-0.2, 0) is 9.31 Å². The van der Waals surface area contributed by atoms with Crippen molar-refractivity contribution >= 4 is 18.4 Å². The molecular formula is C15H21BO5. The molecule has 0 aliphatic carbocycles. The van der Waals surface area contributed by atoms with Gasteiger partial charge < -0.3 is 19.2 Å². The van der Waals surface area contributed by atoms with Gasteiger partial charge in [0.2, 0.25) is 0 Å². The number of methoxy groups -OCH3 is 1. The highest BCUT2D eigenvalue weighted by atomic mass is 16.7. The second kappa shape index (κ2) is 5.03. The van der Waals surface area contributed by atoms with Crippen LogP contribution < -0.4 is 10.2 Å². The number of ketones is 1. The maximum Gasteiger partial charge on any atom is 0.494 e. The molecule has 1 saturated heterocycles. The molecule has 0 spiro atoms. The van der Waals surface area contributed by atoms with Crippen molar-refractivity contribution in [2.24, 2.45) is 0 Å². The Labute approximate surface area is 125 Å². The van der Waals surface area contributed by atoms with Crippen molar-refractivity contribution in [1.29, 1.82) is 0 Å². The Kier molecular flexibility index (Phi) is 3.80. The molecule has 0 saturated carbocycles. The number of phenolic OH excluding ortho intramolecular Hbond substituents is 1. The van der Waals surface area contributed by atoms with E-state index in [9.17, 15) is 9.90 Å². The number of phenols is 1. The molecule has 0 atom stereocenters. The molecule has 1 heterocycles. The number of benzene rings is 1. The maximum absolute atomic E-state index is 11.7. The summed E-state index contributed by atoms with van der Waals surface area (Å²) in [7, 11) is 0.829. The largest absolute Gasteiger partial charge is 0.504 e. The Bertz CT molecular complexity index is 564. The van der Waals surface area contributed by atoms with E-state index < -0.39 is 18.3 Å². The van der Waals surface area contributed by atoms with Crippen LogP contribution in [0.1, 0.15) is 45.0 Å². The SMILES string of the molecule is COc1cc(B2OC(C)(C)C(C)(C)O2)cc(C(C)=O)c1O. The van der Waals surface area contributed by atoms with E-state index in [1.807, 2.05) is 27.7 Å². The van der Waals surface area contributed by atoms with E-state index >= 15 is 0 Å². The lowest BCUT2D eigenvalue weighted by Gasteiger charge is -2.32. The maximum atomic E-state index is 11.7. The summed E-state index contributed by atoms with van der Waals surface area (Å²) in [6, 6.07) is 3.21. The third-order valence-electron chi connectivity index (χ3n) is 4.22. The molecule has 114 valence electrons. The number of rotatable bonds is 3. The first-order valence-electron chi connectivity index (χ1n) is 6.86. The number of hydrogen-bond donors (Lipinski definition) is 1. The van der Waals surface area contributed by atoms with Crippen molar-refractivity contribution in [3.63, 3.8) is 0 Å². The number of ether oxygens (including phenoxy) is 1. The molecule has 1 aliphatic heterocycles. The van der Waals surface area contributed by atoms with E-state index in [4.69, 9.17) is 14.0 Å². The highest BCUT2D eigenvalue weighted by Crippen LogP contribution is 2.37. The van der Waals surface area contributed by atoms with Gasteiger partial charge in [0.15, 0.2) is 17.3 Å². The number of Topliss-reactive ketones (excluding diaryl/α,β-unsaturated/α-hetero) is 1. The fraction of sp³-hybridized carbons (Fsp3) is 0.533. The molecule has 1 aromatic carbocycles. The minimum Gasteiger partial charge on any atom is -0.504 e. The summed E-state index contributed by atoms with van der Waals surface area (Å²) in [6.07, 6.45) is 0. The van der Waals surface area contributed by atoms with E-state index in [2.05, 4.69) is 0 Å². The lowest BCUT2D eigenvalue weighted by atomic mass is 9.77. The van der Waals surface area contributed by atoms with Crippen molar-refractivity contribution in [2.75, 3.05) is 7.11 Å². The van der Waals surface area contributed by atoms with Crippen molar-refractivity contribution < 1.29 is 23.9 Å². The molecule has 21 heavy (non-hydrogen) atoms. The summed E-state index contributed by atoms with van der Waals surface area (Å²) >= 11 is 0. The molecule has 1 fully saturated rings. The summed E-state index contributed by atoms with van der Waals surface area (Å²) < 4.78 is 17.0. The van der Waals surface area contributed by atoms with E-state index in [1.54, 1.807) is 12.1 Å². The lowest BCUT2D eigenvalue weighted by molar-refractivity contribution is 0.00578. The highest BCUT2D eigenvalue weighted by Gasteiger charge is 2.52. The third kappa shape index (κ3) is 2.65. The summed E-state index contributed by atoms with van der Waals surface area (Å²) in [5, 5.41) is 10.0. The third-order valence-corrected chi connectivity index (χ3v) is 4.22. The van der Waals surface area contributed by atoms with Gasteiger partial charge in [-0.2, -0.15) is 0 Å². The monoisotopic (exact) mass is 292 g/mol. The zero-order valence-corrected chi connectivity index (χ0v) is 13.3. The fourth-order valence-electron chi connectivity index (χ4n) is 2.17. The van der Waals surface area contributed by atoms with Crippen molar-refractivity contribution in [3.8, 4) is 11.5 Å². The molecule has 2 rings (SSSR count). The lowest BCUT2D eigenvalue weighted by Crippen LogP contribution is -2.41. The molecule has 0 aromatic heterocycles. The van der Waals surface area contributed by atoms with Gasteiger partial charge in [0.05, 0.1) is 23.9 Å². The summed E-state index contributed by atoms with van der Waals surface area (Å²) in [6.45, 7) is 9.21. The van der Waals surface area contributed by atoms with Gasteiger partial charge >= 0.3 is 7.12 Å². The van der Waals surface area contributed by atoms with Crippen LogP contribution in [0.3, 0.4) is 0 Å². The fourth-order valence-corrected chi connectivity index (χ4v) is 2.17. The van der Waals surface area contributed by atoms with Crippen LogP contribution >= 0.6 is 0 Å². The number of aromatic hydroxyl groups is 1. The van der Waals surface area contributed by atoms with Gasteiger partial charge in [0.25, 0.3) is 0 Å². The highest BCUT2D eigenvalue weighted by molar-refractivity contribution is 6.62. The summed E-state index contributed by atoms with van der Waals surface area (Å²) in [4.78, 5) is 11.7. The van der Waals surface area contributed by atoms with Crippen LogP contribution in [0.4, 0.5) is 0 Å². The van der Waals surface area contributed by atoms with Crippen molar-refractivity contribution in [1.82, 2.24) is 0 Å². The predicted molar refractivity (Wildman–Crippen MR) is 80.4 cm³/mol. The van der Waals surface area contributed by atoms with Gasteiger partial charge in [-0.3, -0.25) is 4.79 Å². The predicted octanol–water partition coefficient (Wildman–Crippen LogP) is 1.90. The topological polar surface area (TPSA) is 65.0 Å². The molecule has 0 unspecified atom stereocenters. The Morgan fingerprint density at radius 2 is 1.71 bits per heavy atom. The molecule has 1 N–H and O–H groups in total. The summed E-state index contributed by atoms with van der Waals surface area (Å²) in [5.41, 5.74) is -0.106. The van der Waals surface area contributed by atoms with Gasteiger partial charge in [0.1, 0.15) is 0 Å². The van der Waals surface area contributed by atoms with Crippen LogP contribution in [0.2, 0.25) is 0 Å². The Balaban J connectivity index is 2.47. The smallest absolute Gasteiger partial charge is 0.494 e. The first-order chi connectivity index (χ1) is 9.59. The minimum absolute atomic E-state index is 0.162. The zero-order chi connectivity index (χ0) is 16.0. The molecule has 1 aliphatic rings. The molecule has 1 aromatic rings. The Hall–Kier alpha value is -1.53. The average molecular weight is 292 g/mol. The number of hydrogen-bond acceptors (Lipinski definition) is 5.